The Balaban J connectivity index is 2.05. The molecule has 0 aliphatic rings. The van der Waals surface area contributed by atoms with Crippen LogP contribution in [0.25, 0.3) is 0 Å². The average molecular weight is 373 g/mol. The standard InChI is InChI=1S/C20H23NO6/c22-11-5-10-18(16-8-4-9-17(14-16)26-13-12-23)27-20(25)21-19(24)15-6-2-1-3-7-15/h1-4,6-9,14,18,22-23H,5,10-13H2,(H,21,24,25)/t18-/m0/s1. The molecule has 1 atom stereocenters. The highest BCUT2D eigenvalue weighted by Crippen LogP contribution is 2.26. The lowest BCUT2D eigenvalue weighted by molar-refractivity contribution is 0.0769. The minimum Gasteiger partial charge on any atom is -0.491 e. The fraction of sp³-hybridized carbons (Fsp3) is 0.300. The van der Waals surface area contributed by atoms with Crippen LogP contribution in [0.4, 0.5) is 4.79 Å². The number of aliphatic hydroxyl groups is 2. The maximum absolute atomic E-state index is 12.1. The molecule has 0 fully saturated rings. The monoisotopic (exact) mass is 373 g/mol. The van der Waals surface area contributed by atoms with Crippen molar-refractivity contribution in [2.45, 2.75) is 18.9 Å². The Kier molecular flexibility index (Phi) is 8.28. The minimum absolute atomic E-state index is 0.0505. The molecule has 7 nitrogen and oxygen atoms in total. The van der Waals surface area contributed by atoms with Gasteiger partial charge in [0, 0.05) is 12.2 Å². The molecule has 0 radical (unpaired) electrons. The first kappa shape index (κ1) is 20.4. The van der Waals surface area contributed by atoms with Gasteiger partial charge in [0.25, 0.3) is 5.91 Å². The Morgan fingerprint density at radius 2 is 1.78 bits per heavy atom. The number of ether oxygens (including phenoxy) is 2. The van der Waals surface area contributed by atoms with Gasteiger partial charge in [-0.3, -0.25) is 10.1 Å². The molecule has 0 unspecified atom stereocenters. The van der Waals surface area contributed by atoms with E-state index in [0.29, 0.717) is 29.7 Å². The van der Waals surface area contributed by atoms with Crippen molar-refractivity contribution < 1.29 is 29.3 Å². The number of aliphatic hydroxyl groups excluding tert-OH is 2. The number of rotatable bonds is 9. The lowest BCUT2D eigenvalue weighted by atomic mass is 10.0. The molecule has 0 spiro atoms. The Hall–Kier alpha value is -2.90. The summed E-state index contributed by atoms with van der Waals surface area (Å²) in [6, 6.07) is 15.3. The van der Waals surface area contributed by atoms with Crippen LogP contribution in [0.5, 0.6) is 5.75 Å². The third kappa shape index (κ3) is 6.73. The zero-order valence-corrected chi connectivity index (χ0v) is 14.8. The molecule has 2 amide bonds. The number of nitrogens with one attached hydrogen (secondary N) is 1. The number of carbonyl (C=O) groups excluding carboxylic acids is 2. The topological polar surface area (TPSA) is 105 Å². The summed E-state index contributed by atoms with van der Waals surface area (Å²) in [5.74, 6) is -0.0264. The third-order valence-corrected chi connectivity index (χ3v) is 3.72. The molecule has 3 N–H and O–H groups in total. The van der Waals surface area contributed by atoms with Crippen LogP contribution >= 0.6 is 0 Å². The van der Waals surface area contributed by atoms with Gasteiger partial charge in [0.2, 0.25) is 0 Å². The highest BCUT2D eigenvalue weighted by atomic mass is 16.6. The smallest absolute Gasteiger partial charge is 0.414 e. The van der Waals surface area contributed by atoms with E-state index >= 15 is 0 Å². The van der Waals surface area contributed by atoms with Crippen molar-refractivity contribution >= 4 is 12.0 Å². The summed E-state index contributed by atoms with van der Waals surface area (Å²) < 4.78 is 10.8. The van der Waals surface area contributed by atoms with Crippen molar-refractivity contribution in [1.82, 2.24) is 5.32 Å². The van der Waals surface area contributed by atoms with E-state index in [-0.39, 0.29) is 19.8 Å². The van der Waals surface area contributed by atoms with E-state index in [1.807, 2.05) is 0 Å². The number of hydrogen-bond donors (Lipinski definition) is 3. The Morgan fingerprint density at radius 3 is 2.48 bits per heavy atom. The highest BCUT2D eigenvalue weighted by Gasteiger charge is 2.19. The van der Waals surface area contributed by atoms with E-state index in [0.717, 1.165) is 0 Å². The van der Waals surface area contributed by atoms with Gasteiger partial charge in [-0.05, 0) is 42.7 Å². The Labute approximate surface area is 157 Å². The number of benzene rings is 2. The molecule has 0 saturated carbocycles. The fourth-order valence-corrected chi connectivity index (χ4v) is 2.45. The molecular formula is C20H23NO6. The predicted molar refractivity (Wildman–Crippen MR) is 98.5 cm³/mol. The fourth-order valence-electron chi connectivity index (χ4n) is 2.45. The van der Waals surface area contributed by atoms with Gasteiger partial charge in [-0.2, -0.15) is 0 Å². The van der Waals surface area contributed by atoms with Crippen LogP contribution in [-0.4, -0.2) is 42.0 Å². The number of alkyl carbamates (subject to hydrolysis) is 1. The molecule has 7 heteroatoms. The number of hydrogen-bond acceptors (Lipinski definition) is 6. The molecule has 144 valence electrons. The van der Waals surface area contributed by atoms with E-state index in [9.17, 15) is 9.59 Å². The van der Waals surface area contributed by atoms with Crippen LogP contribution in [0.1, 0.15) is 34.9 Å². The zero-order valence-electron chi connectivity index (χ0n) is 14.8. The number of imide groups is 1. The van der Waals surface area contributed by atoms with E-state index < -0.39 is 18.1 Å². The van der Waals surface area contributed by atoms with Crippen molar-refractivity contribution in [2.24, 2.45) is 0 Å². The molecule has 0 aliphatic heterocycles. The van der Waals surface area contributed by atoms with Gasteiger partial charge in [0.15, 0.2) is 0 Å². The zero-order chi connectivity index (χ0) is 19.5. The molecule has 2 aromatic carbocycles. The summed E-state index contributed by atoms with van der Waals surface area (Å²) >= 11 is 0. The van der Waals surface area contributed by atoms with E-state index in [1.54, 1.807) is 54.6 Å². The van der Waals surface area contributed by atoms with Crippen molar-refractivity contribution in [2.75, 3.05) is 19.8 Å². The molecule has 2 aromatic rings. The maximum atomic E-state index is 12.1. The first-order valence-electron chi connectivity index (χ1n) is 8.65. The van der Waals surface area contributed by atoms with Crippen molar-refractivity contribution in [1.29, 1.82) is 0 Å². The first-order chi connectivity index (χ1) is 13.1. The molecule has 27 heavy (non-hydrogen) atoms. The Bertz CT molecular complexity index is 734. The summed E-state index contributed by atoms with van der Waals surface area (Å²) in [4.78, 5) is 24.2. The molecule has 0 bridgehead atoms. The Morgan fingerprint density at radius 1 is 1.00 bits per heavy atom. The van der Waals surface area contributed by atoms with Crippen LogP contribution in [0.2, 0.25) is 0 Å². The third-order valence-electron chi connectivity index (χ3n) is 3.72. The lowest BCUT2D eigenvalue weighted by Crippen LogP contribution is -2.32. The van der Waals surface area contributed by atoms with Crippen LogP contribution < -0.4 is 10.1 Å². The normalized spacial score (nSPS) is 11.5. The number of carbonyl (C=O) groups is 2. The van der Waals surface area contributed by atoms with Crippen molar-refractivity contribution in [3.05, 3.63) is 65.7 Å². The second kappa shape index (κ2) is 10.9. The van der Waals surface area contributed by atoms with Crippen molar-refractivity contribution in [3.63, 3.8) is 0 Å². The molecule has 0 aliphatic carbocycles. The second-order valence-electron chi connectivity index (χ2n) is 5.72. The summed E-state index contributed by atoms with van der Waals surface area (Å²) in [7, 11) is 0. The lowest BCUT2D eigenvalue weighted by Gasteiger charge is -2.19. The summed E-state index contributed by atoms with van der Waals surface area (Å²) in [5.41, 5.74) is 1.02. The first-order valence-corrected chi connectivity index (χ1v) is 8.65. The van der Waals surface area contributed by atoms with Crippen LogP contribution in [0.15, 0.2) is 54.6 Å². The maximum Gasteiger partial charge on any atom is 0.414 e. The van der Waals surface area contributed by atoms with Gasteiger partial charge in [0.05, 0.1) is 6.61 Å². The molecular weight excluding hydrogens is 350 g/mol. The molecule has 0 saturated heterocycles. The summed E-state index contributed by atoms with van der Waals surface area (Å²) in [6.07, 6.45) is -0.717. The predicted octanol–water partition coefficient (Wildman–Crippen LogP) is 2.44. The SMILES string of the molecule is O=C(NC(=O)c1ccccc1)O[C@@H](CCCO)c1cccc(OCCO)c1. The van der Waals surface area contributed by atoms with Crippen LogP contribution in [0.3, 0.4) is 0 Å². The van der Waals surface area contributed by atoms with Gasteiger partial charge in [-0.15, -0.1) is 0 Å². The van der Waals surface area contributed by atoms with Gasteiger partial charge < -0.3 is 19.7 Å². The second-order valence-corrected chi connectivity index (χ2v) is 5.72. The van der Waals surface area contributed by atoms with E-state index in [4.69, 9.17) is 19.7 Å². The summed E-state index contributed by atoms with van der Waals surface area (Å²) in [5, 5.41) is 20.1. The quantitative estimate of drug-likeness (QED) is 0.624. The molecule has 2 rings (SSSR count). The highest BCUT2D eigenvalue weighted by molar-refractivity contribution is 6.02. The van der Waals surface area contributed by atoms with E-state index in [2.05, 4.69) is 5.32 Å². The van der Waals surface area contributed by atoms with Gasteiger partial charge in [-0.25, -0.2) is 4.79 Å². The van der Waals surface area contributed by atoms with Crippen LogP contribution in [0, 0.1) is 0 Å². The largest absolute Gasteiger partial charge is 0.491 e. The average Bonchev–Trinajstić information content (AvgIpc) is 2.70. The summed E-state index contributed by atoms with van der Waals surface area (Å²) in [6.45, 7) is -0.0124. The van der Waals surface area contributed by atoms with Gasteiger partial charge >= 0.3 is 6.09 Å². The van der Waals surface area contributed by atoms with Gasteiger partial charge in [-0.1, -0.05) is 30.3 Å². The molecule has 0 heterocycles. The number of amides is 2. The van der Waals surface area contributed by atoms with E-state index in [1.165, 1.54) is 0 Å². The minimum atomic E-state index is -0.867. The van der Waals surface area contributed by atoms with Crippen LogP contribution in [-0.2, 0) is 4.74 Å². The van der Waals surface area contributed by atoms with Crippen molar-refractivity contribution in [3.8, 4) is 5.75 Å². The van der Waals surface area contributed by atoms with Gasteiger partial charge in [0.1, 0.15) is 18.5 Å². The molecule has 0 aromatic heterocycles.